The van der Waals surface area contributed by atoms with Crippen LogP contribution in [0, 0.1) is 11.6 Å². The van der Waals surface area contributed by atoms with Gasteiger partial charge in [-0.3, -0.25) is 14.8 Å². The maximum atomic E-state index is 14.2. The maximum Gasteiger partial charge on any atom is 0.272 e. The molecule has 0 bridgehead atoms. The molecule has 0 unspecified atom stereocenters. The van der Waals surface area contributed by atoms with E-state index in [9.17, 15) is 22.4 Å². The summed E-state index contributed by atoms with van der Waals surface area (Å²) in [5, 5.41) is 10.2. The summed E-state index contributed by atoms with van der Waals surface area (Å²) in [6, 6.07) is 8.66. The van der Waals surface area contributed by atoms with Gasteiger partial charge in [-0.2, -0.15) is 5.10 Å². The van der Waals surface area contributed by atoms with Crippen LogP contribution in [0.2, 0.25) is 0 Å². The van der Waals surface area contributed by atoms with Crippen molar-refractivity contribution in [1.82, 2.24) is 20.4 Å². The second-order valence-corrected chi connectivity index (χ2v) is 7.37. The topological polar surface area (TPSA) is 61.0 Å². The number of aromatic nitrogens is 2. The van der Waals surface area contributed by atoms with E-state index in [0.29, 0.717) is 42.4 Å². The summed E-state index contributed by atoms with van der Waals surface area (Å²) in [4.78, 5) is 14.4. The molecule has 2 N–H and O–H groups in total. The average molecular weight is 420 g/mol. The van der Waals surface area contributed by atoms with Crippen LogP contribution >= 0.6 is 0 Å². The number of aromatic amines is 1. The molecule has 5 nitrogen and oxygen atoms in total. The molecule has 0 saturated carbocycles. The van der Waals surface area contributed by atoms with E-state index in [1.54, 1.807) is 23.1 Å². The van der Waals surface area contributed by atoms with Gasteiger partial charge in [0.05, 0.1) is 12.1 Å². The Morgan fingerprint density at radius 3 is 2.70 bits per heavy atom. The molecule has 0 spiro atoms. The van der Waals surface area contributed by atoms with E-state index in [4.69, 9.17) is 0 Å². The molecule has 4 rings (SSSR count). The van der Waals surface area contributed by atoms with Crippen molar-refractivity contribution in [3.8, 4) is 11.1 Å². The van der Waals surface area contributed by atoms with Gasteiger partial charge in [-0.05, 0) is 36.6 Å². The fourth-order valence-corrected chi connectivity index (χ4v) is 3.79. The number of nitrogens with zero attached hydrogens (tertiary/aromatic N) is 2. The number of carbonyl (C=O) groups excluding carboxylic acids is 1. The minimum Gasteiger partial charge on any atom is -0.348 e. The van der Waals surface area contributed by atoms with Crippen LogP contribution in [-0.4, -0.2) is 53.1 Å². The fraction of sp³-hybridized carbons (Fsp3) is 0.333. The molecule has 2 aromatic carbocycles. The number of fused-ring (bicyclic) bond motifs is 1. The zero-order valence-electron chi connectivity index (χ0n) is 16.0. The first-order chi connectivity index (χ1) is 14.4. The third-order valence-corrected chi connectivity index (χ3v) is 5.36. The van der Waals surface area contributed by atoms with Crippen molar-refractivity contribution in [1.29, 1.82) is 0 Å². The van der Waals surface area contributed by atoms with Crippen LogP contribution in [-0.2, 0) is 0 Å². The molecule has 1 amide bonds. The van der Waals surface area contributed by atoms with E-state index in [-0.39, 0.29) is 23.8 Å². The normalized spacial score (nSPS) is 15.8. The predicted octanol–water partition coefficient (Wildman–Crippen LogP) is 3.97. The molecule has 1 aliphatic rings. The van der Waals surface area contributed by atoms with Gasteiger partial charge < -0.3 is 5.32 Å². The fourth-order valence-electron chi connectivity index (χ4n) is 3.79. The summed E-state index contributed by atoms with van der Waals surface area (Å²) in [5.74, 6) is -2.30. The van der Waals surface area contributed by atoms with Crippen molar-refractivity contribution in [2.75, 3.05) is 19.6 Å². The van der Waals surface area contributed by atoms with Crippen LogP contribution < -0.4 is 5.32 Å². The van der Waals surface area contributed by atoms with Crippen molar-refractivity contribution in [3.05, 3.63) is 53.7 Å². The highest BCUT2D eigenvalue weighted by Crippen LogP contribution is 2.28. The predicted molar refractivity (Wildman–Crippen MR) is 104 cm³/mol. The monoisotopic (exact) mass is 420 g/mol. The molecular formula is C21H20F4N4O. The number of piperidine rings is 1. The van der Waals surface area contributed by atoms with Crippen molar-refractivity contribution < 1.29 is 22.4 Å². The summed E-state index contributed by atoms with van der Waals surface area (Å²) in [6.07, 6.45) is -1.23. The van der Waals surface area contributed by atoms with Crippen LogP contribution in [0.1, 0.15) is 23.3 Å². The third-order valence-electron chi connectivity index (χ3n) is 5.36. The van der Waals surface area contributed by atoms with Gasteiger partial charge in [-0.15, -0.1) is 0 Å². The molecule has 0 atom stereocenters. The SMILES string of the molecule is O=C(NC1CCN(CC(F)F)CC1)c1n[nH]c2ccc(-c3cccc(F)c3F)cc12. The van der Waals surface area contributed by atoms with Crippen molar-refractivity contribution in [3.63, 3.8) is 0 Å². The van der Waals surface area contributed by atoms with Gasteiger partial charge >= 0.3 is 0 Å². The number of rotatable bonds is 5. The molecule has 1 fully saturated rings. The Kier molecular flexibility index (Phi) is 5.72. The first kappa shape index (κ1) is 20.3. The van der Waals surface area contributed by atoms with E-state index in [1.807, 2.05) is 0 Å². The lowest BCUT2D eigenvalue weighted by atomic mass is 10.0. The molecule has 0 radical (unpaired) electrons. The minimum absolute atomic E-state index is 0.0934. The molecule has 1 aromatic heterocycles. The second kappa shape index (κ2) is 8.43. The lowest BCUT2D eigenvalue weighted by molar-refractivity contribution is 0.0695. The van der Waals surface area contributed by atoms with Crippen LogP contribution in [0.15, 0.2) is 36.4 Å². The van der Waals surface area contributed by atoms with E-state index in [1.165, 1.54) is 12.1 Å². The molecular weight excluding hydrogens is 400 g/mol. The molecule has 30 heavy (non-hydrogen) atoms. The third kappa shape index (κ3) is 4.16. The Balaban J connectivity index is 1.52. The van der Waals surface area contributed by atoms with Gasteiger partial charge in [0.15, 0.2) is 17.3 Å². The zero-order chi connectivity index (χ0) is 21.3. The van der Waals surface area contributed by atoms with Crippen molar-refractivity contribution in [2.45, 2.75) is 25.3 Å². The molecule has 0 aliphatic carbocycles. The van der Waals surface area contributed by atoms with E-state index < -0.39 is 24.0 Å². The Bertz CT molecular complexity index is 1060. The largest absolute Gasteiger partial charge is 0.348 e. The number of amides is 1. The number of likely N-dealkylation sites (tertiary alicyclic amines) is 1. The van der Waals surface area contributed by atoms with E-state index in [2.05, 4.69) is 15.5 Å². The van der Waals surface area contributed by atoms with Gasteiger partial charge in [0.25, 0.3) is 12.3 Å². The standard InChI is InChI=1S/C21H20F4N4O/c22-16-3-1-2-14(19(16)25)12-4-5-17-15(10-12)20(28-27-17)21(30)26-13-6-8-29(9-7-13)11-18(23)24/h1-5,10,13,18H,6-9,11H2,(H,26,30)(H,27,28). The van der Waals surface area contributed by atoms with E-state index in [0.717, 1.165) is 6.07 Å². The molecule has 1 aliphatic heterocycles. The number of alkyl halides is 2. The van der Waals surface area contributed by atoms with Crippen LogP contribution in [0.4, 0.5) is 17.6 Å². The highest BCUT2D eigenvalue weighted by molar-refractivity contribution is 6.05. The number of hydrogen-bond donors (Lipinski definition) is 2. The molecule has 1 saturated heterocycles. The first-order valence-electron chi connectivity index (χ1n) is 9.66. The van der Waals surface area contributed by atoms with Crippen molar-refractivity contribution in [2.24, 2.45) is 0 Å². The first-order valence-corrected chi connectivity index (χ1v) is 9.66. The average Bonchev–Trinajstić information content (AvgIpc) is 3.14. The number of halogens is 4. The molecule has 9 heteroatoms. The van der Waals surface area contributed by atoms with Gasteiger partial charge in [0.2, 0.25) is 0 Å². The van der Waals surface area contributed by atoms with Crippen LogP contribution in [0.25, 0.3) is 22.0 Å². The molecule has 3 aromatic rings. The smallest absolute Gasteiger partial charge is 0.272 e. The summed E-state index contributed by atoms with van der Waals surface area (Å²) in [7, 11) is 0. The number of hydrogen-bond acceptors (Lipinski definition) is 3. The summed E-state index contributed by atoms with van der Waals surface area (Å²) < 4.78 is 52.7. The maximum absolute atomic E-state index is 14.2. The zero-order valence-corrected chi connectivity index (χ0v) is 16.0. The molecule has 2 heterocycles. The highest BCUT2D eigenvalue weighted by Gasteiger charge is 2.24. The Labute approximate surface area is 170 Å². The Morgan fingerprint density at radius 2 is 1.97 bits per heavy atom. The number of H-pyrrole nitrogens is 1. The van der Waals surface area contributed by atoms with E-state index >= 15 is 0 Å². The number of nitrogens with one attached hydrogen (secondary N) is 2. The molecule has 158 valence electrons. The highest BCUT2D eigenvalue weighted by atomic mass is 19.3. The summed E-state index contributed by atoms with van der Waals surface area (Å²) in [5.41, 5.74) is 1.26. The minimum atomic E-state index is -2.37. The number of benzene rings is 2. The van der Waals surface area contributed by atoms with Gasteiger partial charge in [-0.25, -0.2) is 17.6 Å². The Hall–Kier alpha value is -2.94. The van der Waals surface area contributed by atoms with Gasteiger partial charge in [0, 0.05) is 30.1 Å². The van der Waals surface area contributed by atoms with Crippen molar-refractivity contribution >= 4 is 16.8 Å². The van der Waals surface area contributed by atoms with Gasteiger partial charge in [-0.1, -0.05) is 18.2 Å². The lowest BCUT2D eigenvalue weighted by Crippen LogP contribution is -2.45. The Morgan fingerprint density at radius 1 is 1.20 bits per heavy atom. The number of carbonyl (C=O) groups is 1. The van der Waals surface area contributed by atoms with Gasteiger partial charge in [0.1, 0.15) is 0 Å². The lowest BCUT2D eigenvalue weighted by Gasteiger charge is -2.31. The van der Waals surface area contributed by atoms with Crippen LogP contribution in [0.3, 0.4) is 0 Å². The van der Waals surface area contributed by atoms with Crippen LogP contribution in [0.5, 0.6) is 0 Å². The quantitative estimate of drug-likeness (QED) is 0.614. The second-order valence-electron chi connectivity index (χ2n) is 7.37. The summed E-state index contributed by atoms with van der Waals surface area (Å²) >= 11 is 0. The summed E-state index contributed by atoms with van der Waals surface area (Å²) in [6.45, 7) is 0.712.